The van der Waals surface area contributed by atoms with Gasteiger partial charge in [0.2, 0.25) is 0 Å². The quantitative estimate of drug-likeness (QED) is 0.487. The fraction of sp³-hybridized carbons (Fsp3) is 0.167. The van der Waals surface area contributed by atoms with E-state index in [1.165, 1.54) is 30.5 Å². The molecular weight excluding hydrogens is 338 g/mol. The van der Waals surface area contributed by atoms with Crippen LogP contribution in [0.3, 0.4) is 0 Å². The fourth-order valence-electron chi connectivity index (χ4n) is 1.98. The SMILES string of the molecule is CCOc1cc(/C=N\NC(=O)c2ccc(O)cc2)ccc1OCC(N)=O. The van der Waals surface area contributed by atoms with Crippen molar-refractivity contribution < 1.29 is 24.2 Å². The number of carbonyl (C=O) groups excluding carboxylic acids is 2. The van der Waals surface area contributed by atoms with Crippen molar-refractivity contribution in [3.05, 3.63) is 53.6 Å². The van der Waals surface area contributed by atoms with Crippen LogP contribution < -0.4 is 20.6 Å². The smallest absolute Gasteiger partial charge is 0.271 e. The third-order valence-corrected chi connectivity index (χ3v) is 3.15. The lowest BCUT2D eigenvalue weighted by atomic mass is 10.2. The zero-order chi connectivity index (χ0) is 18.9. The van der Waals surface area contributed by atoms with E-state index in [1.807, 2.05) is 6.92 Å². The molecule has 0 aliphatic heterocycles. The van der Waals surface area contributed by atoms with Crippen LogP contribution in [0, 0.1) is 0 Å². The van der Waals surface area contributed by atoms with E-state index in [1.54, 1.807) is 18.2 Å². The molecule has 2 rings (SSSR count). The summed E-state index contributed by atoms with van der Waals surface area (Å²) in [6.07, 6.45) is 1.44. The van der Waals surface area contributed by atoms with E-state index in [0.717, 1.165) is 0 Å². The van der Waals surface area contributed by atoms with E-state index >= 15 is 0 Å². The van der Waals surface area contributed by atoms with Crippen molar-refractivity contribution in [3.63, 3.8) is 0 Å². The van der Waals surface area contributed by atoms with Crippen LogP contribution in [0.25, 0.3) is 0 Å². The van der Waals surface area contributed by atoms with Crippen LogP contribution in [0.15, 0.2) is 47.6 Å². The number of hydrogen-bond donors (Lipinski definition) is 3. The number of benzene rings is 2. The number of rotatable bonds is 8. The average Bonchev–Trinajstić information content (AvgIpc) is 2.61. The molecule has 0 spiro atoms. The molecule has 0 saturated carbocycles. The second-order valence-corrected chi connectivity index (χ2v) is 5.14. The normalized spacial score (nSPS) is 10.5. The molecule has 0 aliphatic carbocycles. The summed E-state index contributed by atoms with van der Waals surface area (Å²) < 4.78 is 10.8. The first kappa shape index (κ1) is 18.8. The topological polar surface area (TPSA) is 123 Å². The molecule has 0 bridgehead atoms. The zero-order valence-corrected chi connectivity index (χ0v) is 14.1. The summed E-state index contributed by atoms with van der Waals surface area (Å²) in [7, 11) is 0. The van der Waals surface area contributed by atoms with Crippen LogP contribution in [-0.4, -0.2) is 36.3 Å². The number of amides is 2. The van der Waals surface area contributed by atoms with Crippen molar-refractivity contribution in [3.8, 4) is 17.2 Å². The molecule has 8 nitrogen and oxygen atoms in total. The van der Waals surface area contributed by atoms with Crippen LogP contribution in [0.4, 0.5) is 0 Å². The highest BCUT2D eigenvalue weighted by molar-refractivity contribution is 5.95. The molecule has 0 aromatic heterocycles. The van der Waals surface area contributed by atoms with Crippen molar-refractivity contribution in [2.75, 3.05) is 13.2 Å². The first-order valence-corrected chi connectivity index (χ1v) is 7.80. The first-order valence-electron chi connectivity index (χ1n) is 7.80. The number of primary amides is 1. The molecule has 26 heavy (non-hydrogen) atoms. The van der Waals surface area contributed by atoms with Gasteiger partial charge >= 0.3 is 0 Å². The molecule has 0 radical (unpaired) electrons. The Labute approximate surface area is 150 Å². The van der Waals surface area contributed by atoms with Gasteiger partial charge in [-0.05, 0) is 55.0 Å². The van der Waals surface area contributed by atoms with E-state index < -0.39 is 11.8 Å². The summed E-state index contributed by atoms with van der Waals surface area (Å²) in [4.78, 5) is 22.8. The van der Waals surface area contributed by atoms with Crippen LogP contribution in [0.5, 0.6) is 17.2 Å². The van der Waals surface area contributed by atoms with Crippen molar-refractivity contribution in [2.24, 2.45) is 10.8 Å². The number of phenols is 1. The molecule has 2 amide bonds. The van der Waals surface area contributed by atoms with E-state index in [9.17, 15) is 14.7 Å². The Morgan fingerprint density at radius 2 is 1.88 bits per heavy atom. The van der Waals surface area contributed by atoms with Crippen LogP contribution in [0.1, 0.15) is 22.8 Å². The average molecular weight is 357 g/mol. The molecule has 136 valence electrons. The van der Waals surface area contributed by atoms with E-state index in [2.05, 4.69) is 10.5 Å². The zero-order valence-electron chi connectivity index (χ0n) is 14.1. The Bertz CT molecular complexity index is 803. The minimum Gasteiger partial charge on any atom is -0.508 e. The van der Waals surface area contributed by atoms with E-state index in [-0.39, 0.29) is 12.4 Å². The van der Waals surface area contributed by atoms with Gasteiger partial charge in [-0.3, -0.25) is 9.59 Å². The van der Waals surface area contributed by atoms with E-state index in [0.29, 0.717) is 29.2 Å². The van der Waals surface area contributed by atoms with Crippen molar-refractivity contribution >= 4 is 18.0 Å². The molecule has 0 unspecified atom stereocenters. The van der Waals surface area contributed by atoms with Crippen LogP contribution >= 0.6 is 0 Å². The van der Waals surface area contributed by atoms with Gasteiger partial charge in [-0.2, -0.15) is 5.10 Å². The van der Waals surface area contributed by atoms with E-state index in [4.69, 9.17) is 15.2 Å². The van der Waals surface area contributed by atoms with Crippen LogP contribution in [0.2, 0.25) is 0 Å². The van der Waals surface area contributed by atoms with Crippen LogP contribution in [-0.2, 0) is 4.79 Å². The Morgan fingerprint density at radius 1 is 1.15 bits per heavy atom. The molecule has 4 N–H and O–H groups in total. The number of carbonyl (C=O) groups is 2. The lowest BCUT2D eigenvalue weighted by Crippen LogP contribution is -2.20. The Morgan fingerprint density at radius 3 is 2.54 bits per heavy atom. The standard InChI is InChI=1S/C18H19N3O5/c1-2-25-16-9-12(3-8-15(16)26-11-17(19)23)10-20-21-18(24)13-4-6-14(22)7-5-13/h3-10,22H,2,11H2,1H3,(H2,19,23)(H,21,24)/b20-10-. The second kappa shape index (κ2) is 9.07. The number of ether oxygens (including phenoxy) is 2. The fourth-order valence-corrected chi connectivity index (χ4v) is 1.98. The van der Waals surface area contributed by atoms with Gasteiger partial charge < -0.3 is 20.3 Å². The highest BCUT2D eigenvalue weighted by Gasteiger charge is 2.08. The summed E-state index contributed by atoms with van der Waals surface area (Å²) in [6, 6.07) is 10.8. The van der Waals surface area contributed by atoms with Gasteiger partial charge in [0.1, 0.15) is 5.75 Å². The van der Waals surface area contributed by atoms with Gasteiger partial charge in [-0.1, -0.05) is 0 Å². The van der Waals surface area contributed by atoms with Gasteiger partial charge in [0.25, 0.3) is 11.8 Å². The Kier molecular flexibility index (Phi) is 6.55. The third kappa shape index (κ3) is 5.52. The summed E-state index contributed by atoms with van der Waals surface area (Å²) in [5.74, 6) is -0.103. The Balaban J connectivity index is 2.04. The number of nitrogens with one attached hydrogen (secondary N) is 1. The molecule has 2 aromatic rings. The van der Waals surface area contributed by atoms with Gasteiger partial charge in [-0.15, -0.1) is 0 Å². The predicted molar refractivity (Wildman–Crippen MR) is 95.5 cm³/mol. The third-order valence-electron chi connectivity index (χ3n) is 3.15. The van der Waals surface area contributed by atoms with Gasteiger partial charge in [0, 0.05) is 5.56 Å². The molecule has 0 heterocycles. The Hall–Kier alpha value is -3.55. The maximum atomic E-state index is 11.9. The molecular formula is C18H19N3O5. The minimum absolute atomic E-state index is 0.0761. The number of hydrogen-bond acceptors (Lipinski definition) is 6. The van der Waals surface area contributed by atoms with Gasteiger partial charge in [-0.25, -0.2) is 5.43 Å². The van der Waals surface area contributed by atoms with Crippen molar-refractivity contribution in [1.29, 1.82) is 0 Å². The lowest BCUT2D eigenvalue weighted by molar-refractivity contribution is -0.119. The predicted octanol–water partition coefficient (Wildman–Crippen LogP) is 1.42. The maximum absolute atomic E-state index is 11.9. The highest BCUT2D eigenvalue weighted by Crippen LogP contribution is 2.28. The number of aromatic hydroxyl groups is 1. The number of hydrazone groups is 1. The van der Waals surface area contributed by atoms with Crippen molar-refractivity contribution in [1.82, 2.24) is 5.43 Å². The largest absolute Gasteiger partial charge is 0.508 e. The summed E-state index contributed by atoms with van der Waals surface area (Å²) in [5.41, 5.74) is 8.48. The summed E-state index contributed by atoms with van der Waals surface area (Å²) >= 11 is 0. The first-order chi connectivity index (χ1) is 12.5. The number of phenolic OH excluding ortho intramolecular Hbond substituents is 1. The number of nitrogens with zero attached hydrogens (tertiary/aromatic N) is 1. The molecule has 0 atom stereocenters. The summed E-state index contributed by atoms with van der Waals surface area (Å²) in [5, 5.41) is 13.1. The molecule has 0 saturated heterocycles. The minimum atomic E-state index is -0.588. The molecule has 2 aromatic carbocycles. The maximum Gasteiger partial charge on any atom is 0.271 e. The second-order valence-electron chi connectivity index (χ2n) is 5.14. The molecule has 0 aliphatic rings. The number of nitrogens with two attached hydrogens (primary N) is 1. The monoisotopic (exact) mass is 357 g/mol. The molecule has 8 heteroatoms. The van der Waals surface area contributed by atoms with Gasteiger partial charge in [0.05, 0.1) is 12.8 Å². The molecule has 0 fully saturated rings. The van der Waals surface area contributed by atoms with Gasteiger partial charge in [0.15, 0.2) is 18.1 Å². The van der Waals surface area contributed by atoms with Crippen molar-refractivity contribution in [2.45, 2.75) is 6.92 Å². The lowest BCUT2D eigenvalue weighted by Gasteiger charge is -2.11. The highest BCUT2D eigenvalue weighted by atomic mass is 16.5. The summed E-state index contributed by atoms with van der Waals surface area (Å²) in [6.45, 7) is 1.97.